The Labute approximate surface area is 111 Å². The minimum atomic E-state index is -0.729. The van der Waals surface area contributed by atoms with Crippen LogP contribution in [0, 0.1) is 5.92 Å². The number of aromatic nitrogens is 1. The molecule has 0 bridgehead atoms. The fraction of sp³-hybridized carbons (Fsp3) is 0.400. The molecule has 1 aliphatic rings. The van der Waals surface area contributed by atoms with E-state index in [4.69, 9.17) is 4.74 Å². The molecule has 0 amide bonds. The summed E-state index contributed by atoms with van der Waals surface area (Å²) >= 11 is 0. The summed E-state index contributed by atoms with van der Waals surface area (Å²) in [4.78, 5) is 11.5. The third-order valence-electron chi connectivity index (χ3n) is 3.98. The van der Waals surface area contributed by atoms with Crippen LogP contribution in [-0.2, 0) is 11.8 Å². The van der Waals surface area contributed by atoms with E-state index in [-0.39, 0.29) is 5.92 Å². The van der Waals surface area contributed by atoms with Crippen molar-refractivity contribution in [2.24, 2.45) is 13.0 Å². The Balaban J connectivity index is 2.18. The van der Waals surface area contributed by atoms with Crippen LogP contribution in [0.5, 0.6) is 5.75 Å². The van der Waals surface area contributed by atoms with Crippen molar-refractivity contribution >= 4 is 16.9 Å². The molecule has 3 rings (SSSR count). The Morgan fingerprint density at radius 2 is 2.21 bits per heavy atom. The van der Waals surface area contributed by atoms with Crippen molar-refractivity contribution in [3.8, 4) is 5.75 Å². The highest BCUT2D eigenvalue weighted by Crippen LogP contribution is 2.44. The zero-order chi connectivity index (χ0) is 13.6. The minimum Gasteiger partial charge on any atom is -0.496 e. The van der Waals surface area contributed by atoms with Gasteiger partial charge in [0.25, 0.3) is 0 Å². The maximum absolute atomic E-state index is 11.5. The van der Waals surface area contributed by atoms with Crippen molar-refractivity contribution in [1.29, 1.82) is 0 Å². The van der Waals surface area contributed by atoms with E-state index in [1.165, 1.54) is 0 Å². The third-order valence-corrected chi connectivity index (χ3v) is 3.98. The van der Waals surface area contributed by atoms with Crippen LogP contribution in [0.2, 0.25) is 0 Å². The van der Waals surface area contributed by atoms with Gasteiger partial charge in [0.1, 0.15) is 5.75 Å². The van der Waals surface area contributed by atoms with Crippen LogP contribution in [0.4, 0.5) is 0 Å². The molecule has 0 saturated heterocycles. The molecule has 0 aliphatic heterocycles. The van der Waals surface area contributed by atoms with Gasteiger partial charge in [-0.3, -0.25) is 4.79 Å². The van der Waals surface area contributed by atoms with Gasteiger partial charge in [0.05, 0.1) is 18.5 Å². The number of fused-ring (bicyclic) bond motifs is 1. The van der Waals surface area contributed by atoms with Gasteiger partial charge < -0.3 is 14.4 Å². The number of ether oxygens (including phenoxy) is 1. The molecule has 1 aromatic heterocycles. The average molecular weight is 259 g/mol. The molecule has 1 fully saturated rings. The van der Waals surface area contributed by atoms with Crippen LogP contribution < -0.4 is 4.74 Å². The van der Waals surface area contributed by atoms with E-state index in [9.17, 15) is 9.90 Å². The third kappa shape index (κ3) is 1.87. The van der Waals surface area contributed by atoms with Crippen LogP contribution in [-0.4, -0.2) is 22.8 Å². The van der Waals surface area contributed by atoms with Gasteiger partial charge in [-0.1, -0.05) is 6.07 Å². The summed E-state index contributed by atoms with van der Waals surface area (Å²) in [5, 5.41) is 10.4. The van der Waals surface area contributed by atoms with Gasteiger partial charge >= 0.3 is 5.97 Å². The van der Waals surface area contributed by atoms with Gasteiger partial charge in [-0.25, -0.2) is 0 Å². The number of hydrogen-bond acceptors (Lipinski definition) is 2. The predicted molar refractivity (Wildman–Crippen MR) is 72.6 cm³/mol. The standard InChI is InChI=1S/C15H17NO3/c1-16-11-4-3-5-13(19-2)10(11)8-12(16)14(15(17)18)9-6-7-9/h3-5,8-9,14H,6-7H2,1-2H3,(H,17,18). The van der Waals surface area contributed by atoms with Crippen LogP contribution >= 0.6 is 0 Å². The molecule has 1 atom stereocenters. The number of methoxy groups -OCH3 is 1. The summed E-state index contributed by atoms with van der Waals surface area (Å²) in [5.74, 6) is -0.0553. The van der Waals surface area contributed by atoms with Gasteiger partial charge in [-0.2, -0.15) is 0 Å². The summed E-state index contributed by atoms with van der Waals surface area (Å²) in [5.41, 5.74) is 1.88. The second-order valence-corrected chi connectivity index (χ2v) is 5.17. The number of aliphatic carboxylic acids is 1. The van der Waals surface area contributed by atoms with Gasteiger partial charge in [0.15, 0.2) is 0 Å². The topological polar surface area (TPSA) is 51.5 Å². The molecule has 4 heteroatoms. The molecule has 1 unspecified atom stereocenters. The van der Waals surface area contributed by atoms with Crippen molar-refractivity contribution in [3.63, 3.8) is 0 Å². The summed E-state index contributed by atoms with van der Waals surface area (Å²) < 4.78 is 7.33. The first-order valence-electron chi connectivity index (χ1n) is 6.48. The summed E-state index contributed by atoms with van der Waals surface area (Å²) in [6.07, 6.45) is 2.02. The van der Waals surface area contributed by atoms with Gasteiger partial charge in [-0.15, -0.1) is 0 Å². The van der Waals surface area contributed by atoms with E-state index >= 15 is 0 Å². The molecular weight excluding hydrogens is 242 g/mol. The fourth-order valence-electron chi connectivity index (χ4n) is 2.83. The number of nitrogens with zero attached hydrogens (tertiary/aromatic N) is 1. The van der Waals surface area contributed by atoms with E-state index in [0.29, 0.717) is 0 Å². The summed E-state index contributed by atoms with van der Waals surface area (Å²) in [6, 6.07) is 7.79. The van der Waals surface area contributed by atoms with Gasteiger partial charge in [0.2, 0.25) is 0 Å². The number of carboxylic acids is 1. The molecule has 0 radical (unpaired) electrons. The molecular formula is C15H17NO3. The van der Waals surface area contributed by atoms with E-state index in [2.05, 4.69) is 0 Å². The number of hydrogen-bond donors (Lipinski definition) is 1. The number of aryl methyl sites for hydroxylation is 1. The van der Waals surface area contributed by atoms with Crippen LogP contribution in [0.3, 0.4) is 0 Å². The molecule has 2 aromatic rings. The fourth-order valence-corrected chi connectivity index (χ4v) is 2.83. The second-order valence-electron chi connectivity index (χ2n) is 5.17. The number of rotatable bonds is 4. The first kappa shape index (κ1) is 12.1. The lowest BCUT2D eigenvalue weighted by Gasteiger charge is -2.12. The van der Waals surface area contributed by atoms with Crippen molar-refractivity contribution in [2.45, 2.75) is 18.8 Å². The van der Waals surface area contributed by atoms with Crippen LogP contribution in [0.15, 0.2) is 24.3 Å². The van der Waals surface area contributed by atoms with E-state index < -0.39 is 11.9 Å². The number of carbonyl (C=O) groups is 1. The average Bonchev–Trinajstić information content (AvgIpc) is 3.16. The second kappa shape index (κ2) is 4.30. The molecule has 19 heavy (non-hydrogen) atoms. The lowest BCUT2D eigenvalue weighted by atomic mass is 10.00. The molecule has 1 saturated carbocycles. The lowest BCUT2D eigenvalue weighted by Crippen LogP contribution is -2.16. The largest absolute Gasteiger partial charge is 0.496 e. The SMILES string of the molecule is COc1cccc2c1cc(C(C(=O)O)C1CC1)n2C. The van der Waals surface area contributed by atoms with Crippen molar-refractivity contribution in [2.75, 3.05) is 7.11 Å². The quantitative estimate of drug-likeness (QED) is 0.918. The molecule has 1 heterocycles. The molecule has 4 nitrogen and oxygen atoms in total. The predicted octanol–water partition coefficient (Wildman–Crippen LogP) is 2.77. The first-order valence-corrected chi connectivity index (χ1v) is 6.48. The Bertz CT molecular complexity index is 640. The highest BCUT2D eigenvalue weighted by atomic mass is 16.5. The van der Waals surface area contributed by atoms with Crippen molar-refractivity contribution in [3.05, 3.63) is 30.0 Å². The zero-order valence-electron chi connectivity index (χ0n) is 11.1. The molecule has 100 valence electrons. The van der Waals surface area contributed by atoms with Gasteiger partial charge in [-0.05, 0) is 37.0 Å². The Morgan fingerprint density at radius 1 is 1.47 bits per heavy atom. The lowest BCUT2D eigenvalue weighted by molar-refractivity contribution is -0.139. The van der Waals surface area contributed by atoms with E-state index in [1.807, 2.05) is 35.9 Å². The molecule has 0 spiro atoms. The maximum atomic E-state index is 11.5. The highest BCUT2D eigenvalue weighted by Gasteiger charge is 2.39. The monoisotopic (exact) mass is 259 g/mol. The Kier molecular flexibility index (Phi) is 2.73. The summed E-state index contributed by atoms with van der Waals surface area (Å²) in [6.45, 7) is 0. The minimum absolute atomic E-state index is 0.284. The van der Waals surface area contributed by atoms with Crippen LogP contribution in [0.1, 0.15) is 24.5 Å². The molecule has 1 aliphatic carbocycles. The molecule has 1 aromatic carbocycles. The summed E-state index contributed by atoms with van der Waals surface area (Å²) in [7, 11) is 3.56. The number of benzene rings is 1. The number of carboxylic acid groups (broad SMARTS) is 1. The Morgan fingerprint density at radius 3 is 2.79 bits per heavy atom. The van der Waals surface area contributed by atoms with Crippen LogP contribution in [0.25, 0.3) is 10.9 Å². The highest BCUT2D eigenvalue weighted by molar-refractivity contribution is 5.89. The van der Waals surface area contributed by atoms with Crippen molar-refractivity contribution < 1.29 is 14.6 Å². The van der Waals surface area contributed by atoms with Gasteiger partial charge in [0, 0.05) is 18.1 Å². The maximum Gasteiger partial charge on any atom is 0.312 e. The first-order chi connectivity index (χ1) is 9.13. The van der Waals surface area contributed by atoms with E-state index in [1.54, 1.807) is 7.11 Å². The van der Waals surface area contributed by atoms with E-state index in [0.717, 1.165) is 35.2 Å². The van der Waals surface area contributed by atoms with Crippen molar-refractivity contribution in [1.82, 2.24) is 4.57 Å². The zero-order valence-corrected chi connectivity index (χ0v) is 11.1. The molecule has 1 N–H and O–H groups in total. The smallest absolute Gasteiger partial charge is 0.312 e. The normalized spacial score (nSPS) is 16.5. The Hall–Kier alpha value is -1.97.